The van der Waals surface area contributed by atoms with E-state index in [0.717, 1.165) is 10.5 Å². The van der Waals surface area contributed by atoms with E-state index in [-0.39, 0.29) is 0 Å². The standard InChI is InChI=1S/C10H12OS/c1-2-5-9(11)8-6-3-4-7-10(8)12/h2-4,6-7,9,11-12H,1,5H2. The first-order chi connectivity index (χ1) is 5.75. The van der Waals surface area contributed by atoms with Gasteiger partial charge in [0.05, 0.1) is 6.10 Å². The van der Waals surface area contributed by atoms with Gasteiger partial charge in [0.15, 0.2) is 0 Å². The zero-order valence-corrected chi connectivity index (χ0v) is 7.67. The lowest BCUT2D eigenvalue weighted by Crippen LogP contribution is -1.96. The number of thiol groups is 1. The molecule has 64 valence electrons. The van der Waals surface area contributed by atoms with Gasteiger partial charge in [0.25, 0.3) is 0 Å². The molecule has 2 heteroatoms. The summed E-state index contributed by atoms with van der Waals surface area (Å²) in [6.45, 7) is 3.57. The van der Waals surface area contributed by atoms with Crippen LogP contribution in [0.5, 0.6) is 0 Å². The van der Waals surface area contributed by atoms with Crippen LogP contribution in [0.15, 0.2) is 41.8 Å². The molecule has 12 heavy (non-hydrogen) atoms. The van der Waals surface area contributed by atoms with Crippen LogP contribution in [-0.4, -0.2) is 5.11 Å². The van der Waals surface area contributed by atoms with Crippen molar-refractivity contribution >= 4 is 12.6 Å². The fourth-order valence-electron chi connectivity index (χ4n) is 1.05. The van der Waals surface area contributed by atoms with Gasteiger partial charge < -0.3 is 5.11 Å². The van der Waals surface area contributed by atoms with Gasteiger partial charge in [-0.1, -0.05) is 24.3 Å². The number of hydrogen-bond donors (Lipinski definition) is 2. The van der Waals surface area contributed by atoms with Crippen molar-refractivity contribution in [2.75, 3.05) is 0 Å². The van der Waals surface area contributed by atoms with Gasteiger partial charge in [-0.3, -0.25) is 0 Å². The second kappa shape index (κ2) is 4.33. The number of hydrogen-bond acceptors (Lipinski definition) is 2. The van der Waals surface area contributed by atoms with Gasteiger partial charge in [-0.25, -0.2) is 0 Å². The number of benzene rings is 1. The molecular weight excluding hydrogens is 168 g/mol. The van der Waals surface area contributed by atoms with E-state index in [9.17, 15) is 5.11 Å². The summed E-state index contributed by atoms with van der Waals surface area (Å²) in [5.41, 5.74) is 0.862. The molecule has 1 unspecified atom stereocenters. The molecule has 0 saturated carbocycles. The maximum absolute atomic E-state index is 9.58. The Hall–Kier alpha value is -0.730. The molecule has 0 saturated heterocycles. The second-order valence-electron chi connectivity index (χ2n) is 2.60. The van der Waals surface area contributed by atoms with Crippen molar-refractivity contribution in [2.45, 2.75) is 17.4 Å². The number of rotatable bonds is 3. The lowest BCUT2D eigenvalue weighted by molar-refractivity contribution is 0.179. The second-order valence-corrected chi connectivity index (χ2v) is 3.08. The summed E-state index contributed by atoms with van der Waals surface area (Å²) in [5.74, 6) is 0. The summed E-state index contributed by atoms with van der Waals surface area (Å²) < 4.78 is 0. The molecule has 0 aromatic heterocycles. The van der Waals surface area contributed by atoms with E-state index >= 15 is 0 Å². The monoisotopic (exact) mass is 180 g/mol. The highest BCUT2D eigenvalue weighted by molar-refractivity contribution is 7.80. The first-order valence-corrected chi connectivity index (χ1v) is 4.27. The lowest BCUT2D eigenvalue weighted by Gasteiger charge is -2.09. The Bertz CT molecular complexity index is 270. The SMILES string of the molecule is C=CCC(O)c1ccccc1S. The molecule has 0 bridgehead atoms. The molecule has 1 aromatic carbocycles. The van der Waals surface area contributed by atoms with Crippen molar-refractivity contribution in [1.82, 2.24) is 0 Å². The van der Waals surface area contributed by atoms with Gasteiger partial charge in [0.2, 0.25) is 0 Å². The maximum atomic E-state index is 9.58. The zero-order chi connectivity index (χ0) is 8.97. The minimum atomic E-state index is -0.476. The average molecular weight is 180 g/mol. The molecule has 0 spiro atoms. The molecule has 0 aliphatic carbocycles. The van der Waals surface area contributed by atoms with E-state index in [1.807, 2.05) is 24.3 Å². The van der Waals surface area contributed by atoms with Crippen LogP contribution >= 0.6 is 12.6 Å². The van der Waals surface area contributed by atoms with Gasteiger partial charge in [-0.15, -0.1) is 19.2 Å². The topological polar surface area (TPSA) is 20.2 Å². The Labute approximate surface area is 78.2 Å². The molecule has 1 atom stereocenters. The largest absolute Gasteiger partial charge is 0.388 e. The van der Waals surface area contributed by atoms with Gasteiger partial charge in [0.1, 0.15) is 0 Å². The van der Waals surface area contributed by atoms with Crippen LogP contribution in [0.2, 0.25) is 0 Å². The van der Waals surface area contributed by atoms with E-state index in [0.29, 0.717) is 6.42 Å². The summed E-state index contributed by atoms with van der Waals surface area (Å²) in [6.07, 6.45) is 1.79. The van der Waals surface area contributed by atoms with Crippen molar-refractivity contribution in [2.24, 2.45) is 0 Å². The van der Waals surface area contributed by atoms with E-state index in [1.54, 1.807) is 6.08 Å². The summed E-state index contributed by atoms with van der Waals surface area (Å²) in [5, 5.41) is 9.58. The van der Waals surface area contributed by atoms with Crippen LogP contribution in [-0.2, 0) is 0 Å². The fraction of sp³-hybridized carbons (Fsp3) is 0.200. The van der Waals surface area contributed by atoms with Crippen molar-refractivity contribution < 1.29 is 5.11 Å². The van der Waals surface area contributed by atoms with Gasteiger partial charge in [-0.2, -0.15) is 0 Å². The third kappa shape index (κ3) is 2.13. The summed E-state index contributed by atoms with van der Waals surface area (Å²) in [7, 11) is 0. The summed E-state index contributed by atoms with van der Waals surface area (Å²) in [4.78, 5) is 0.826. The van der Waals surface area contributed by atoms with E-state index in [4.69, 9.17) is 0 Å². The van der Waals surface area contributed by atoms with Gasteiger partial charge >= 0.3 is 0 Å². The predicted octanol–water partition coefficient (Wildman–Crippen LogP) is 2.58. The predicted molar refractivity (Wildman–Crippen MR) is 53.5 cm³/mol. The Morgan fingerprint density at radius 2 is 2.17 bits per heavy atom. The zero-order valence-electron chi connectivity index (χ0n) is 6.77. The lowest BCUT2D eigenvalue weighted by atomic mass is 10.1. The van der Waals surface area contributed by atoms with Crippen molar-refractivity contribution in [1.29, 1.82) is 0 Å². The molecule has 0 aliphatic heterocycles. The first-order valence-electron chi connectivity index (χ1n) is 3.82. The molecule has 0 fully saturated rings. The highest BCUT2D eigenvalue weighted by atomic mass is 32.1. The molecule has 0 amide bonds. The molecule has 1 rings (SSSR count). The highest BCUT2D eigenvalue weighted by Gasteiger charge is 2.07. The van der Waals surface area contributed by atoms with Crippen molar-refractivity contribution in [3.8, 4) is 0 Å². The minimum Gasteiger partial charge on any atom is -0.388 e. The van der Waals surface area contributed by atoms with Crippen molar-refractivity contribution in [3.05, 3.63) is 42.5 Å². The van der Waals surface area contributed by atoms with Gasteiger partial charge in [0, 0.05) is 4.90 Å². The van der Waals surface area contributed by atoms with E-state index in [2.05, 4.69) is 19.2 Å². The van der Waals surface area contributed by atoms with E-state index in [1.165, 1.54) is 0 Å². The molecule has 1 aromatic rings. The molecule has 0 heterocycles. The Morgan fingerprint density at radius 3 is 2.75 bits per heavy atom. The molecule has 0 radical (unpaired) electrons. The van der Waals surface area contributed by atoms with Crippen LogP contribution in [0, 0.1) is 0 Å². The van der Waals surface area contributed by atoms with E-state index < -0.39 is 6.10 Å². The third-order valence-electron chi connectivity index (χ3n) is 1.69. The number of aliphatic hydroxyl groups is 1. The van der Waals surface area contributed by atoms with Crippen LogP contribution in [0.3, 0.4) is 0 Å². The Balaban J connectivity index is 2.86. The smallest absolute Gasteiger partial charge is 0.0835 e. The van der Waals surface area contributed by atoms with Crippen LogP contribution in [0.25, 0.3) is 0 Å². The van der Waals surface area contributed by atoms with Crippen LogP contribution in [0.4, 0.5) is 0 Å². The quantitative estimate of drug-likeness (QED) is 0.541. The molecular formula is C10H12OS. The molecule has 1 N–H and O–H groups in total. The first kappa shape index (κ1) is 9.36. The molecule has 0 aliphatic rings. The van der Waals surface area contributed by atoms with Crippen LogP contribution in [0.1, 0.15) is 18.1 Å². The normalized spacial score (nSPS) is 12.5. The van der Waals surface area contributed by atoms with Crippen LogP contribution < -0.4 is 0 Å². The Kier molecular flexibility index (Phi) is 3.38. The fourth-order valence-corrected chi connectivity index (χ4v) is 1.36. The maximum Gasteiger partial charge on any atom is 0.0835 e. The number of aliphatic hydroxyl groups excluding tert-OH is 1. The average Bonchev–Trinajstić information content (AvgIpc) is 2.05. The summed E-state index contributed by atoms with van der Waals surface area (Å²) in [6, 6.07) is 7.52. The highest BCUT2D eigenvalue weighted by Crippen LogP contribution is 2.23. The summed E-state index contributed by atoms with van der Waals surface area (Å²) >= 11 is 4.24. The third-order valence-corrected chi connectivity index (χ3v) is 2.09. The van der Waals surface area contributed by atoms with Gasteiger partial charge in [-0.05, 0) is 18.1 Å². The molecule has 1 nitrogen and oxygen atoms in total. The van der Waals surface area contributed by atoms with Crippen molar-refractivity contribution in [3.63, 3.8) is 0 Å². The Morgan fingerprint density at radius 1 is 1.50 bits per heavy atom. The minimum absolute atomic E-state index is 0.476.